The Bertz CT molecular complexity index is 1400. The monoisotopic (exact) mass is 651 g/mol. The lowest BCUT2D eigenvalue weighted by molar-refractivity contribution is -0.146. The van der Waals surface area contributed by atoms with Gasteiger partial charge in [0.1, 0.15) is 5.75 Å². The lowest BCUT2D eigenvalue weighted by atomic mass is 9.53. The molecule has 4 heteroatoms. The number of unbranched alkanes of at least 4 members (excludes halogenated alkanes) is 3. The van der Waals surface area contributed by atoms with Crippen LogP contribution in [0, 0.1) is 23.2 Å². The molecule has 6 rings (SSSR count). The quantitative estimate of drug-likeness (QED) is 0.167. The van der Waals surface area contributed by atoms with Gasteiger partial charge in [-0.25, -0.2) is 0 Å². The van der Waals surface area contributed by atoms with Crippen LogP contribution >= 0.6 is 0 Å². The Morgan fingerprint density at radius 2 is 1.62 bits per heavy atom. The van der Waals surface area contributed by atoms with E-state index in [9.17, 15) is 15.0 Å². The largest absolute Gasteiger partial charge is 0.508 e. The number of carboxylic acids is 1. The van der Waals surface area contributed by atoms with E-state index in [1.54, 1.807) is 5.57 Å². The summed E-state index contributed by atoms with van der Waals surface area (Å²) < 4.78 is 0. The molecule has 2 saturated carbocycles. The topological polar surface area (TPSA) is 83.6 Å². The predicted molar refractivity (Wildman–Crippen MR) is 197 cm³/mol. The summed E-state index contributed by atoms with van der Waals surface area (Å²) in [6, 6.07) is 17.1. The summed E-state index contributed by atoms with van der Waals surface area (Å²) in [5.74, 6) is 0.849. The molecule has 5 unspecified atom stereocenters. The molecule has 0 saturated heterocycles. The van der Waals surface area contributed by atoms with Gasteiger partial charge >= 0.3 is 5.97 Å². The van der Waals surface area contributed by atoms with Gasteiger partial charge in [-0.05, 0) is 142 Å². The first-order chi connectivity index (χ1) is 23.4. The molecule has 0 aliphatic heterocycles. The molecular weight excluding hydrogens is 590 g/mol. The molecule has 0 amide bonds. The van der Waals surface area contributed by atoms with Gasteiger partial charge < -0.3 is 15.9 Å². The summed E-state index contributed by atoms with van der Waals surface area (Å²) in [6.45, 7) is 0.771. The standard InChI is InChI=1S/C44H61NO3/c45-28-23-34-18-17-33(29-34)11-3-1-2-4-13-36-14-5-6-16-41(42(47)48)44(27-10-26-43(32-44)24-7-8-25-43)38-15-9-12-35(30-38)31-40(36)37-19-21-39(46)22-20-37/h5-6,9,12,15,19-22,29-30,33,36,40-41,46H,1-4,7-8,10-11,13-14,16-18,23-28,31-32,45H2,(H,47,48). The highest BCUT2D eigenvalue weighted by atomic mass is 16.4. The SMILES string of the molecule is NCCC1=CC(CCCCCCC2CC=CCC(C(=O)O)C3(CCCC4(CCCC4)C3)c3cccc(c3)CC2c2ccc(O)cc2)CC1. The zero-order chi connectivity index (χ0) is 33.4. The maximum atomic E-state index is 13.2. The van der Waals surface area contributed by atoms with Crippen molar-refractivity contribution < 1.29 is 15.0 Å². The van der Waals surface area contributed by atoms with Crippen molar-refractivity contribution >= 4 is 5.97 Å². The van der Waals surface area contributed by atoms with Gasteiger partial charge in [0.15, 0.2) is 0 Å². The molecule has 4 aliphatic carbocycles. The second-order valence-corrected chi connectivity index (χ2v) is 16.2. The van der Waals surface area contributed by atoms with E-state index in [4.69, 9.17) is 5.73 Å². The number of nitrogens with two attached hydrogens (primary N) is 1. The highest BCUT2D eigenvalue weighted by Crippen LogP contribution is 2.59. The minimum absolute atomic E-state index is 0.309. The van der Waals surface area contributed by atoms with Crippen LogP contribution < -0.4 is 5.73 Å². The van der Waals surface area contributed by atoms with Crippen molar-refractivity contribution in [3.63, 3.8) is 0 Å². The Balaban J connectivity index is 1.22. The lowest BCUT2D eigenvalue weighted by Gasteiger charge is -2.50. The van der Waals surface area contributed by atoms with Gasteiger partial charge in [-0.1, -0.05) is 105 Å². The van der Waals surface area contributed by atoms with Crippen LogP contribution in [0.15, 0.2) is 72.3 Å². The number of benzene rings is 2. The fourth-order valence-electron chi connectivity index (χ4n) is 10.7. The van der Waals surface area contributed by atoms with Crippen LogP contribution in [-0.4, -0.2) is 22.7 Å². The van der Waals surface area contributed by atoms with E-state index >= 15 is 0 Å². The van der Waals surface area contributed by atoms with Crippen molar-refractivity contribution in [3.8, 4) is 5.75 Å². The molecule has 2 spiro atoms. The first-order valence-electron chi connectivity index (χ1n) is 19.6. The molecule has 48 heavy (non-hydrogen) atoms. The van der Waals surface area contributed by atoms with Gasteiger partial charge in [0.2, 0.25) is 0 Å². The van der Waals surface area contributed by atoms with E-state index in [0.717, 1.165) is 57.4 Å². The Morgan fingerprint density at radius 1 is 0.875 bits per heavy atom. The molecule has 2 fully saturated rings. The van der Waals surface area contributed by atoms with Crippen LogP contribution in [0.5, 0.6) is 5.75 Å². The minimum Gasteiger partial charge on any atom is -0.508 e. The van der Waals surface area contributed by atoms with Crippen LogP contribution in [-0.2, 0) is 16.6 Å². The van der Waals surface area contributed by atoms with Crippen molar-refractivity contribution in [1.29, 1.82) is 0 Å². The Labute approximate surface area is 290 Å². The summed E-state index contributed by atoms with van der Waals surface area (Å²) in [5, 5.41) is 21.0. The van der Waals surface area contributed by atoms with Gasteiger partial charge in [-0.15, -0.1) is 0 Å². The van der Waals surface area contributed by atoms with Gasteiger partial charge in [-0.2, -0.15) is 0 Å². The van der Waals surface area contributed by atoms with E-state index in [1.807, 2.05) is 12.1 Å². The van der Waals surface area contributed by atoms with Crippen LogP contribution in [0.1, 0.15) is 145 Å². The molecule has 4 N–H and O–H groups in total. The fraction of sp³-hybridized carbons (Fsp3) is 0.614. The number of allylic oxidation sites excluding steroid dienone is 3. The van der Waals surface area contributed by atoms with Gasteiger partial charge in [0.05, 0.1) is 5.92 Å². The van der Waals surface area contributed by atoms with E-state index in [0.29, 0.717) is 29.4 Å². The molecule has 260 valence electrons. The number of phenolic OH excluding ortho intramolecular Hbond substituents is 1. The average molecular weight is 652 g/mol. The van der Waals surface area contributed by atoms with E-state index in [2.05, 4.69) is 54.6 Å². The second-order valence-electron chi connectivity index (χ2n) is 16.2. The highest BCUT2D eigenvalue weighted by Gasteiger charge is 2.52. The molecule has 2 aromatic rings. The van der Waals surface area contributed by atoms with Gasteiger partial charge in [0, 0.05) is 5.41 Å². The van der Waals surface area contributed by atoms with Crippen LogP contribution in [0.2, 0.25) is 0 Å². The molecule has 4 aliphatic rings. The zero-order valence-corrected chi connectivity index (χ0v) is 29.4. The predicted octanol–water partition coefficient (Wildman–Crippen LogP) is 10.8. The number of fused-ring (bicyclic) bond motifs is 3. The summed E-state index contributed by atoms with van der Waals surface area (Å²) in [4.78, 5) is 13.2. The molecule has 5 atom stereocenters. The highest BCUT2D eigenvalue weighted by molar-refractivity contribution is 5.73. The number of carbonyl (C=O) groups is 1. The van der Waals surface area contributed by atoms with Crippen molar-refractivity contribution in [1.82, 2.24) is 0 Å². The molecule has 2 bridgehead atoms. The lowest BCUT2D eigenvalue weighted by Crippen LogP contribution is -2.46. The van der Waals surface area contributed by atoms with E-state index in [-0.39, 0.29) is 5.41 Å². The number of hydrogen-bond donors (Lipinski definition) is 3. The number of hydrogen-bond acceptors (Lipinski definition) is 3. The summed E-state index contributed by atoms with van der Waals surface area (Å²) >= 11 is 0. The van der Waals surface area contributed by atoms with Crippen molar-refractivity contribution in [2.75, 3.05) is 6.54 Å². The third kappa shape index (κ3) is 8.29. The summed E-state index contributed by atoms with van der Waals surface area (Å²) in [7, 11) is 0. The minimum atomic E-state index is -0.626. The number of carboxylic acid groups (broad SMARTS) is 1. The molecule has 4 nitrogen and oxygen atoms in total. The molecule has 0 heterocycles. The third-order valence-electron chi connectivity index (χ3n) is 13.1. The third-order valence-corrected chi connectivity index (χ3v) is 13.1. The van der Waals surface area contributed by atoms with E-state index in [1.165, 1.54) is 93.7 Å². The number of phenols is 1. The molecular formula is C44H61NO3. The maximum absolute atomic E-state index is 13.2. The summed E-state index contributed by atoms with van der Waals surface area (Å²) in [5.41, 5.74) is 11.2. The Morgan fingerprint density at radius 3 is 2.40 bits per heavy atom. The van der Waals surface area contributed by atoms with Crippen molar-refractivity contribution in [2.45, 2.75) is 140 Å². The number of aliphatic carboxylic acids is 1. The second kappa shape index (κ2) is 16.2. The average Bonchev–Trinajstić information content (AvgIpc) is 3.73. The molecule has 0 radical (unpaired) electrons. The normalized spacial score (nSPS) is 28.6. The number of aromatic hydroxyl groups is 1. The maximum Gasteiger partial charge on any atom is 0.307 e. The molecule has 0 aromatic heterocycles. The van der Waals surface area contributed by atoms with Crippen molar-refractivity contribution in [3.05, 3.63) is 89.0 Å². The fourth-order valence-corrected chi connectivity index (χ4v) is 10.7. The van der Waals surface area contributed by atoms with Crippen LogP contribution in [0.3, 0.4) is 0 Å². The van der Waals surface area contributed by atoms with Crippen LogP contribution in [0.25, 0.3) is 0 Å². The number of rotatable bonds is 11. The van der Waals surface area contributed by atoms with Crippen LogP contribution in [0.4, 0.5) is 0 Å². The Kier molecular flexibility index (Phi) is 11.8. The summed E-state index contributed by atoms with van der Waals surface area (Å²) in [6.07, 6.45) is 30.2. The first kappa shape index (κ1) is 35.0. The van der Waals surface area contributed by atoms with Gasteiger partial charge in [0.25, 0.3) is 0 Å². The molecule has 2 aromatic carbocycles. The zero-order valence-electron chi connectivity index (χ0n) is 29.4. The van der Waals surface area contributed by atoms with Gasteiger partial charge in [-0.3, -0.25) is 4.79 Å². The first-order valence-corrected chi connectivity index (χ1v) is 19.6. The Hall–Kier alpha value is -2.85. The smallest absolute Gasteiger partial charge is 0.307 e. The van der Waals surface area contributed by atoms with E-state index < -0.39 is 11.9 Å². The van der Waals surface area contributed by atoms with Crippen molar-refractivity contribution in [2.24, 2.45) is 28.9 Å².